The third-order valence-corrected chi connectivity index (χ3v) is 23.6. The molecule has 7 aromatic rings. The van der Waals surface area contributed by atoms with Gasteiger partial charge in [-0.2, -0.15) is 13.2 Å². The maximum Gasteiger partial charge on any atom is 0.418 e. The Morgan fingerprint density at radius 2 is 1.41 bits per heavy atom. The molecule has 2 fully saturated rings. The van der Waals surface area contributed by atoms with Crippen LogP contribution in [-0.2, 0) is 90.4 Å². The Morgan fingerprint density at radius 1 is 0.783 bits per heavy atom. The molecule has 33 heteroatoms. The Labute approximate surface area is 665 Å². The van der Waals surface area contributed by atoms with E-state index in [0.717, 1.165) is 35.7 Å². The van der Waals surface area contributed by atoms with Gasteiger partial charge in [0.25, 0.3) is 29.2 Å². The number of alkyl halides is 3. The van der Waals surface area contributed by atoms with Gasteiger partial charge in [-0.05, 0) is 152 Å². The number of imide groups is 1. The number of ketones is 2. The van der Waals surface area contributed by atoms with Crippen molar-refractivity contribution in [2.24, 2.45) is 23.5 Å². The number of benzene rings is 5. The number of ether oxygens (including phenoxy) is 6. The van der Waals surface area contributed by atoms with Crippen LogP contribution in [0.25, 0.3) is 22.3 Å². The van der Waals surface area contributed by atoms with Gasteiger partial charge in [0.2, 0.25) is 5.91 Å². The number of urea groups is 1. The van der Waals surface area contributed by atoms with E-state index < -0.39 is 112 Å². The number of aromatic nitrogens is 2. The number of nitrogens with zero attached hydrogens (tertiary/aromatic N) is 5. The molecule has 4 atom stereocenters. The fourth-order valence-electron chi connectivity index (χ4n) is 15.1. The van der Waals surface area contributed by atoms with Crippen LogP contribution in [0.3, 0.4) is 0 Å². The van der Waals surface area contributed by atoms with Crippen LogP contribution in [0.1, 0.15) is 131 Å². The summed E-state index contributed by atoms with van der Waals surface area (Å²) in [5.74, 6) is -7.98. The predicted molar refractivity (Wildman–Crippen MR) is 412 cm³/mol. The maximum atomic E-state index is 15.6. The molecule has 0 spiro atoms. The number of amides is 8. The monoisotopic (exact) mass is 1620 g/mol. The highest BCUT2D eigenvalue weighted by Gasteiger charge is 2.48. The number of carbonyl (C=O) groups excluding carboxylic acids is 10. The third kappa shape index (κ3) is 17.9. The van der Waals surface area contributed by atoms with Crippen molar-refractivity contribution in [3.63, 3.8) is 0 Å². The number of thioether (sulfide) groups is 2. The molecule has 0 saturated carbocycles. The van der Waals surface area contributed by atoms with Gasteiger partial charge in [0.05, 0.1) is 89.2 Å². The number of halogens is 4. The standard InChI is InChI=1S/C82H83F4N9O18S2/c1-5-81(107)59-38-65-69-57(40-94(65)75(101)58(59)43-112-78(81)104)68-62(22-21-55-45(4)61(83)39-63(90-69)67(55)68)91-80(106)113-41-46-8-14-50(15-9-46)89-72(98)49(7-6-24-88-79(87)105)35-66(97)56(44(2)3)36-51(96)42-110-33-34-111-52-16-23-64(60(37-52)82(84,85)86)95-76(102)70(114-53-17-10-47(11-18-53)73(99)92-25-29-108-30-26-92)71(77(95)103)115-54-19-12-48(13-20-54)74(100)93-27-31-109-32-28-93/h8-20,23,37-39,44,49,56,62,107H,5-7,21-22,24-36,40-43H2,1-4H3,(H,89,98)(H,91,106)(H3,87,88,105)/t49-,56+,62+,81+/m1/s1. The third-order valence-electron chi connectivity index (χ3n) is 21.3. The van der Waals surface area contributed by atoms with Gasteiger partial charge in [0.1, 0.15) is 43.8 Å². The van der Waals surface area contributed by atoms with Gasteiger partial charge in [-0.15, -0.1) is 0 Å². The summed E-state index contributed by atoms with van der Waals surface area (Å²) in [6.45, 7) is 8.18. The number of primary amides is 1. The van der Waals surface area contributed by atoms with Gasteiger partial charge in [0, 0.05) is 107 Å². The molecular formula is C82H83F4N9O18S2. The molecule has 6 N–H and O–H groups in total. The molecule has 0 unspecified atom stereocenters. The Morgan fingerprint density at radius 3 is 2.00 bits per heavy atom. The van der Waals surface area contributed by atoms with Crippen LogP contribution >= 0.6 is 23.5 Å². The number of cyclic esters (lactones) is 1. The number of nitrogens with one attached hydrogen (secondary N) is 3. The number of fused-ring (bicyclic) bond motifs is 5. The molecule has 13 rings (SSSR count). The second kappa shape index (κ2) is 35.1. The lowest BCUT2D eigenvalue weighted by Gasteiger charge is -2.31. The van der Waals surface area contributed by atoms with Gasteiger partial charge in [0.15, 0.2) is 11.4 Å². The lowest BCUT2D eigenvalue weighted by atomic mass is 9.81. The van der Waals surface area contributed by atoms with E-state index in [4.69, 9.17) is 39.1 Å². The Bertz CT molecular complexity index is 5030. The van der Waals surface area contributed by atoms with Gasteiger partial charge in [-0.25, -0.2) is 28.7 Å². The van der Waals surface area contributed by atoms with E-state index in [0.29, 0.717) is 153 Å². The van der Waals surface area contributed by atoms with Crippen molar-refractivity contribution >= 4 is 105 Å². The van der Waals surface area contributed by atoms with Crippen molar-refractivity contribution in [1.29, 1.82) is 0 Å². The molecule has 2 saturated heterocycles. The van der Waals surface area contributed by atoms with E-state index >= 15 is 17.6 Å². The topological polar surface area (TPSA) is 353 Å². The summed E-state index contributed by atoms with van der Waals surface area (Å²) in [6, 6.07) is 23.0. The minimum absolute atomic E-state index is 0.0278. The Kier molecular flexibility index (Phi) is 25.1. The zero-order chi connectivity index (χ0) is 81.7. The number of hydrogen-bond acceptors (Lipinski definition) is 21. The minimum Gasteiger partial charge on any atom is -0.491 e. The number of hydrogen-bond donors (Lipinski definition) is 5. The van der Waals surface area contributed by atoms with E-state index in [1.807, 2.05) is 0 Å². The molecular weight excluding hydrogens is 1540 g/mol. The second-order valence-electron chi connectivity index (χ2n) is 28.9. The molecule has 1 aliphatic carbocycles. The van der Waals surface area contributed by atoms with Crippen LogP contribution in [0.15, 0.2) is 128 Å². The number of aryl methyl sites for hydroxylation is 1. The van der Waals surface area contributed by atoms with Crippen molar-refractivity contribution in [2.45, 2.75) is 120 Å². The van der Waals surface area contributed by atoms with Crippen LogP contribution in [0.2, 0.25) is 0 Å². The first-order chi connectivity index (χ1) is 55.1. The van der Waals surface area contributed by atoms with Gasteiger partial charge in [-0.3, -0.25) is 38.4 Å². The molecule has 604 valence electrons. The van der Waals surface area contributed by atoms with Crippen LogP contribution in [0.5, 0.6) is 5.75 Å². The largest absolute Gasteiger partial charge is 0.491 e. The minimum atomic E-state index is -5.14. The van der Waals surface area contributed by atoms with Crippen LogP contribution in [0, 0.1) is 30.5 Å². The first kappa shape index (κ1) is 82.2. The SMILES string of the molecule is CC[C@@]1(O)C(=O)OCc2c1cc1n(c2=O)Cc2c-1nc1cc(F)c(C)c3c1c2[C@@H](NC(=O)OCc1ccc(NC(=O)[C@H](CCCNC(N)=O)CC(=O)[C@@H](CC(=O)COCCOc2ccc(N4C(=O)C(Sc5ccc(C(=O)N6CCOCC6)cc5)=C(Sc5ccc(C(=O)N6CCOCC6)cc5)C4=O)c(C(F)(F)F)c2)C(C)C)cc1)CC3. The number of pyridine rings is 2. The quantitative estimate of drug-likeness (QED) is 0.0126. The molecule has 7 heterocycles. The number of Topliss-reactive ketones (excluding diaryl/α,β-unsaturated/α-hetero) is 2. The van der Waals surface area contributed by atoms with Crippen LogP contribution in [0.4, 0.5) is 38.5 Å². The number of anilines is 2. The summed E-state index contributed by atoms with van der Waals surface area (Å²) >= 11 is 1.67. The first-order valence-electron chi connectivity index (χ1n) is 37.7. The number of morpholine rings is 2. The van der Waals surface area contributed by atoms with Crippen molar-refractivity contribution in [3.05, 3.63) is 185 Å². The highest BCUT2D eigenvalue weighted by Crippen LogP contribution is 2.49. The molecule has 6 aliphatic rings. The fourth-order valence-corrected chi connectivity index (χ4v) is 17.0. The predicted octanol–water partition coefficient (Wildman–Crippen LogP) is 10.4. The van der Waals surface area contributed by atoms with E-state index in [1.165, 1.54) is 10.6 Å². The maximum absolute atomic E-state index is 15.6. The average molecular weight is 1620 g/mol. The Balaban J connectivity index is 0.613. The van der Waals surface area contributed by atoms with Crippen LogP contribution in [-0.4, -0.2) is 163 Å². The van der Waals surface area contributed by atoms with Crippen molar-refractivity contribution in [2.75, 3.05) is 89.2 Å². The highest BCUT2D eigenvalue weighted by molar-refractivity contribution is 8.08. The molecule has 27 nitrogen and oxygen atoms in total. The molecule has 0 radical (unpaired) electrons. The lowest BCUT2D eigenvalue weighted by molar-refractivity contribution is -0.172. The number of esters is 1. The van der Waals surface area contributed by atoms with Crippen molar-refractivity contribution in [3.8, 4) is 17.1 Å². The fraction of sp³-hybridized carbons (Fsp3) is 0.390. The van der Waals surface area contributed by atoms with E-state index in [-0.39, 0.29) is 110 Å². The molecule has 0 bridgehead atoms. The summed E-state index contributed by atoms with van der Waals surface area (Å²) in [5, 5.41) is 20.4. The van der Waals surface area contributed by atoms with Crippen molar-refractivity contribution in [1.82, 2.24) is 30.0 Å². The van der Waals surface area contributed by atoms with Gasteiger partial charge in [-0.1, -0.05) is 56.4 Å². The summed E-state index contributed by atoms with van der Waals surface area (Å²) in [7, 11) is 0. The number of alkyl carbamates (subject to hydrolysis) is 1. The summed E-state index contributed by atoms with van der Waals surface area (Å²) in [5.41, 5.74) is 5.65. The molecule has 115 heavy (non-hydrogen) atoms. The van der Waals surface area contributed by atoms with Gasteiger partial charge < -0.3 is 69.6 Å². The second-order valence-corrected chi connectivity index (χ2v) is 31.1. The van der Waals surface area contributed by atoms with E-state index in [2.05, 4.69) is 16.0 Å². The normalized spacial score (nSPS) is 17.7. The smallest absolute Gasteiger partial charge is 0.418 e. The lowest BCUT2D eigenvalue weighted by Crippen LogP contribution is -2.44. The molecule has 5 aliphatic heterocycles. The summed E-state index contributed by atoms with van der Waals surface area (Å²) < 4.78 is 95.7. The van der Waals surface area contributed by atoms with E-state index in [9.17, 15) is 57.8 Å². The zero-order valence-corrected chi connectivity index (χ0v) is 64.8. The average Bonchev–Trinajstić information content (AvgIpc) is 1.59. The highest BCUT2D eigenvalue weighted by atomic mass is 32.2. The number of carbonyl (C=O) groups is 10. The number of aliphatic hydroxyl groups is 1. The summed E-state index contributed by atoms with van der Waals surface area (Å²) in [6.07, 6.45) is -5.55. The molecule has 8 amide bonds. The van der Waals surface area contributed by atoms with Gasteiger partial charge >= 0.3 is 24.3 Å². The number of nitrogens with two attached hydrogens (primary N) is 1. The van der Waals surface area contributed by atoms with E-state index in [1.54, 1.807) is 116 Å². The first-order valence-corrected chi connectivity index (χ1v) is 39.3. The number of rotatable bonds is 29. The van der Waals surface area contributed by atoms with Crippen molar-refractivity contribution < 1.29 is 99.0 Å². The Hall–Kier alpha value is -10.8. The molecule has 5 aromatic carbocycles. The molecule has 2 aromatic heterocycles. The summed E-state index contributed by atoms with van der Waals surface area (Å²) in [4.78, 5) is 159. The van der Waals surface area contributed by atoms with Crippen LogP contribution < -0.4 is 36.9 Å². The zero-order valence-electron chi connectivity index (χ0n) is 63.2.